The molecule has 15 heavy (non-hydrogen) atoms. The highest BCUT2D eigenvalue weighted by Gasteiger charge is 2.47. The number of hydrogen-bond acceptors (Lipinski definition) is 4. The summed E-state index contributed by atoms with van der Waals surface area (Å²) < 4.78 is 22.0. The number of aliphatic hydroxyl groups is 1. The highest BCUT2D eigenvalue weighted by molar-refractivity contribution is 7.90. The van der Waals surface area contributed by atoms with E-state index in [2.05, 4.69) is 0 Å². The van der Waals surface area contributed by atoms with Crippen LogP contribution in [0.1, 0.15) is 20.8 Å². The fourth-order valence-corrected chi connectivity index (χ4v) is 2.48. The van der Waals surface area contributed by atoms with Gasteiger partial charge >= 0.3 is 0 Å². The zero-order valence-electron chi connectivity index (χ0n) is 9.95. The number of likely N-dealkylation sites (tertiary alicyclic amines) is 1. The van der Waals surface area contributed by atoms with E-state index < -0.39 is 15.4 Å². The minimum absolute atomic E-state index is 0.166. The highest BCUT2D eigenvalue weighted by atomic mass is 32.2. The van der Waals surface area contributed by atoms with E-state index in [0.717, 1.165) is 6.54 Å². The summed E-state index contributed by atoms with van der Waals surface area (Å²) >= 11 is 0. The maximum absolute atomic E-state index is 11.0. The maximum Gasteiger partial charge on any atom is 0.148 e. The predicted molar refractivity (Wildman–Crippen MR) is 60.6 cm³/mol. The van der Waals surface area contributed by atoms with Gasteiger partial charge in [0.1, 0.15) is 9.84 Å². The van der Waals surface area contributed by atoms with Crippen LogP contribution < -0.4 is 0 Å². The second-order valence-electron chi connectivity index (χ2n) is 5.50. The van der Waals surface area contributed by atoms with Crippen LogP contribution in [0.25, 0.3) is 0 Å². The van der Waals surface area contributed by atoms with Gasteiger partial charge in [0.05, 0.1) is 11.4 Å². The van der Waals surface area contributed by atoms with E-state index in [-0.39, 0.29) is 11.2 Å². The van der Waals surface area contributed by atoms with Crippen LogP contribution in [-0.4, -0.2) is 55.7 Å². The second kappa shape index (κ2) is 3.71. The molecule has 1 atom stereocenters. The maximum atomic E-state index is 11.0. The van der Waals surface area contributed by atoms with Crippen LogP contribution in [0.4, 0.5) is 0 Å². The van der Waals surface area contributed by atoms with Crippen molar-refractivity contribution in [2.24, 2.45) is 5.41 Å². The van der Waals surface area contributed by atoms with Crippen LogP contribution in [0.5, 0.6) is 0 Å². The third-order valence-electron chi connectivity index (χ3n) is 3.39. The molecule has 0 spiro atoms. The molecule has 1 N–H and O–H groups in total. The molecule has 1 heterocycles. The van der Waals surface area contributed by atoms with Crippen LogP contribution in [-0.2, 0) is 9.84 Å². The van der Waals surface area contributed by atoms with E-state index in [4.69, 9.17) is 0 Å². The first kappa shape index (κ1) is 12.9. The van der Waals surface area contributed by atoms with Gasteiger partial charge in [-0.25, -0.2) is 8.42 Å². The number of hydrogen-bond donors (Lipinski definition) is 1. The van der Waals surface area contributed by atoms with Crippen molar-refractivity contribution >= 4 is 9.84 Å². The normalized spacial score (nSPS) is 32.1. The lowest BCUT2D eigenvalue weighted by molar-refractivity contribution is -0.0109. The van der Waals surface area contributed by atoms with Gasteiger partial charge in [0, 0.05) is 31.3 Å². The summed E-state index contributed by atoms with van der Waals surface area (Å²) in [5.74, 6) is 0.166. The summed E-state index contributed by atoms with van der Waals surface area (Å²) in [5, 5.41) is 10.1. The summed E-state index contributed by atoms with van der Waals surface area (Å²) in [6, 6.07) is 0. The molecule has 0 bridgehead atoms. The third kappa shape index (κ3) is 3.16. The molecular weight excluding hydrogens is 214 g/mol. The van der Waals surface area contributed by atoms with Crippen LogP contribution in [0.2, 0.25) is 0 Å². The largest absolute Gasteiger partial charge is 0.388 e. The molecule has 5 heteroatoms. The zero-order valence-corrected chi connectivity index (χ0v) is 10.8. The standard InChI is InChI=1S/C10H21NO3S/c1-9(2)7-11(8-10(9,3)12)5-6-15(4,13)14/h12H,5-8H2,1-4H3. The Bertz CT molecular complexity index is 317. The van der Waals surface area contributed by atoms with E-state index in [0.29, 0.717) is 13.1 Å². The van der Waals surface area contributed by atoms with E-state index in [1.807, 2.05) is 25.7 Å². The van der Waals surface area contributed by atoms with Gasteiger partial charge in [-0.3, -0.25) is 4.90 Å². The van der Waals surface area contributed by atoms with Crippen LogP contribution >= 0.6 is 0 Å². The van der Waals surface area contributed by atoms with Gasteiger partial charge < -0.3 is 5.11 Å². The monoisotopic (exact) mass is 235 g/mol. The SMILES string of the molecule is CC1(C)CN(CCS(C)(=O)=O)CC1(C)O. The van der Waals surface area contributed by atoms with Crippen molar-refractivity contribution in [3.63, 3.8) is 0 Å². The van der Waals surface area contributed by atoms with Crippen molar-refractivity contribution in [1.82, 2.24) is 4.90 Å². The molecule has 0 aromatic rings. The Labute approximate surface area is 92.2 Å². The molecule has 1 saturated heterocycles. The topological polar surface area (TPSA) is 57.6 Å². The van der Waals surface area contributed by atoms with Crippen molar-refractivity contribution < 1.29 is 13.5 Å². The molecule has 0 saturated carbocycles. The molecule has 1 aliphatic heterocycles. The molecule has 0 aromatic carbocycles. The van der Waals surface area contributed by atoms with Crippen molar-refractivity contribution in [3.05, 3.63) is 0 Å². The summed E-state index contributed by atoms with van der Waals surface area (Å²) in [6.45, 7) is 7.64. The Morgan fingerprint density at radius 3 is 2.13 bits per heavy atom. The first-order valence-electron chi connectivity index (χ1n) is 5.16. The first-order valence-corrected chi connectivity index (χ1v) is 7.22. The summed E-state index contributed by atoms with van der Waals surface area (Å²) in [6.07, 6.45) is 1.24. The zero-order chi connectivity index (χ0) is 11.9. The average Bonchev–Trinajstić information content (AvgIpc) is 2.16. The predicted octanol–water partition coefficient (Wildman–Crippen LogP) is 0.124. The lowest BCUT2D eigenvalue weighted by atomic mass is 9.79. The highest BCUT2D eigenvalue weighted by Crippen LogP contribution is 2.38. The van der Waals surface area contributed by atoms with E-state index >= 15 is 0 Å². The fourth-order valence-electron chi connectivity index (χ4n) is 1.89. The number of β-amino-alcohol motifs (C(OH)–C–C–N with tert-alkyl or cyclic N) is 1. The Hall–Kier alpha value is -0.130. The van der Waals surface area contributed by atoms with E-state index in [1.54, 1.807) is 0 Å². The quantitative estimate of drug-likeness (QED) is 0.755. The molecule has 0 aliphatic carbocycles. The van der Waals surface area contributed by atoms with Crippen molar-refractivity contribution in [3.8, 4) is 0 Å². The lowest BCUT2D eigenvalue weighted by Crippen LogP contribution is -2.40. The van der Waals surface area contributed by atoms with Crippen LogP contribution in [0, 0.1) is 5.41 Å². The minimum Gasteiger partial charge on any atom is -0.388 e. The molecule has 0 radical (unpaired) electrons. The molecule has 90 valence electrons. The first-order chi connectivity index (χ1) is 6.54. The Morgan fingerprint density at radius 1 is 1.27 bits per heavy atom. The third-order valence-corrected chi connectivity index (χ3v) is 4.31. The smallest absolute Gasteiger partial charge is 0.148 e. The van der Waals surface area contributed by atoms with Gasteiger partial charge in [-0.2, -0.15) is 0 Å². The molecule has 1 fully saturated rings. The van der Waals surface area contributed by atoms with Crippen molar-refractivity contribution in [1.29, 1.82) is 0 Å². The van der Waals surface area contributed by atoms with Gasteiger partial charge in [-0.15, -0.1) is 0 Å². The Kier molecular flexibility index (Phi) is 3.20. The Morgan fingerprint density at radius 2 is 1.80 bits per heavy atom. The second-order valence-corrected chi connectivity index (χ2v) is 7.76. The number of nitrogens with zero attached hydrogens (tertiary/aromatic N) is 1. The summed E-state index contributed by atoms with van der Waals surface area (Å²) in [7, 11) is -2.91. The van der Waals surface area contributed by atoms with E-state index in [1.165, 1.54) is 6.26 Å². The van der Waals surface area contributed by atoms with Gasteiger partial charge in [-0.1, -0.05) is 13.8 Å². The molecule has 1 unspecified atom stereocenters. The minimum atomic E-state index is -2.91. The van der Waals surface area contributed by atoms with Gasteiger partial charge in [0.25, 0.3) is 0 Å². The number of sulfone groups is 1. The molecule has 1 rings (SSSR count). The lowest BCUT2D eigenvalue weighted by Gasteiger charge is -2.31. The van der Waals surface area contributed by atoms with E-state index in [9.17, 15) is 13.5 Å². The van der Waals surface area contributed by atoms with Crippen LogP contribution in [0.15, 0.2) is 0 Å². The van der Waals surface area contributed by atoms with Crippen LogP contribution in [0.3, 0.4) is 0 Å². The molecular formula is C10H21NO3S. The van der Waals surface area contributed by atoms with Crippen molar-refractivity contribution in [2.75, 3.05) is 31.6 Å². The molecule has 4 nitrogen and oxygen atoms in total. The summed E-state index contributed by atoms with van der Waals surface area (Å²) in [5.41, 5.74) is -0.908. The Balaban J connectivity index is 2.57. The summed E-state index contributed by atoms with van der Waals surface area (Å²) in [4.78, 5) is 2.01. The van der Waals surface area contributed by atoms with Crippen molar-refractivity contribution in [2.45, 2.75) is 26.4 Å². The van der Waals surface area contributed by atoms with Gasteiger partial charge in [0.2, 0.25) is 0 Å². The molecule has 0 aromatic heterocycles. The number of rotatable bonds is 3. The average molecular weight is 235 g/mol. The van der Waals surface area contributed by atoms with Gasteiger partial charge in [-0.05, 0) is 6.92 Å². The van der Waals surface area contributed by atoms with Gasteiger partial charge in [0.15, 0.2) is 0 Å². The molecule has 0 amide bonds. The fraction of sp³-hybridized carbons (Fsp3) is 1.00. The molecule has 1 aliphatic rings.